The van der Waals surface area contributed by atoms with E-state index in [1.807, 2.05) is 13.0 Å². The number of amides is 3. The first-order chi connectivity index (χ1) is 17.1. The minimum Gasteiger partial charge on any atom is -0.292 e. The van der Waals surface area contributed by atoms with E-state index in [1.165, 1.54) is 30.3 Å². The highest BCUT2D eigenvalue weighted by Crippen LogP contribution is 2.39. The molecule has 0 radical (unpaired) electrons. The minimum atomic E-state index is -1.31. The fourth-order valence-corrected chi connectivity index (χ4v) is 5.14. The fraction of sp³-hybridized carbons (Fsp3) is 0.308. The Bertz CT molecular complexity index is 1260. The average molecular weight is 552 g/mol. The van der Waals surface area contributed by atoms with Gasteiger partial charge in [-0.2, -0.15) is 5.01 Å². The van der Waals surface area contributed by atoms with Crippen LogP contribution in [0.1, 0.15) is 46.9 Å². The summed E-state index contributed by atoms with van der Waals surface area (Å²) in [5, 5.41) is 1.99. The number of hydrogen-bond acceptors (Lipinski definition) is 4. The summed E-state index contributed by atoms with van der Waals surface area (Å²) in [4.78, 5) is 54.5. The molecule has 3 atom stereocenters. The van der Waals surface area contributed by atoms with Crippen LogP contribution in [0.5, 0.6) is 0 Å². The lowest BCUT2D eigenvalue weighted by molar-refractivity contribution is -0.156. The van der Waals surface area contributed by atoms with Crippen LogP contribution in [0.25, 0.3) is 0 Å². The summed E-state index contributed by atoms with van der Waals surface area (Å²) in [5.41, 5.74) is 1.11. The molecule has 1 saturated heterocycles. The van der Waals surface area contributed by atoms with E-state index in [9.17, 15) is 23.6 Å². The summed E-state index contributed by atoms with van der Waals surface area (Å²) in [6.45, 7) is 1.88. The number of carbonyl (C=O) groups excluding carboxylic acids is 4. The lowest BCUT2D eigenvalue weighted by Gasteiger charge is -2.36. The molecule has 1 aliphatic carbocycles. The van der Waals surface area contributed by atoms with Crippen LogP contribution in [-0.4, -0.2) is 45.4 Å². The van der Waals surface area contributed by atoms with E-state index >= 15 is 0 Å². The van der Waals surface area contributed by atoms with E-state index in [4.69, 9.17) is 34.8 Å². The Kier molecular flexibility index (Phi) is 7.83. The van der Waals surface area contributed by atoms with E-state index in [0.29, 0.717) is 12.8 Å². The van der Waals surface area contributed by atoms with E-state index < -0.39 is 47.2 Å². The summed E-state index contributed by atoms with van der Waals surface area (Å²) < 4.78 is 13.5. The zero-order chi connectivity index (χ0) is 26.1. The number of carbonyl (C=O) groups is 4. The van der Waals surface area contributed by atoms with Crippen LogP contribution in [0.3, 0.4) is 0 Å². The molecule has 0 saturated carbocycles. The monoisotopic (exact) mass is 550 g/mol. The number of halogens is 4. The van der Waals surface area contributed by atoms with Crippen LogP contribution >= 0.6 is 34.8 Å². The van der Waals surface area contributed by atoms with Crippen molar-refractivity contribution >= 4 is 58.3 Å². The molecule has 1 aliphatic heterocycles. The molecule has 1 heterocycles. The van der Waals surface area contributed by atoms with Gasteiger partial charge in [0.2, 0.25) is 0 Å². The van der Waals surface area contributed by atoms with Crippen molar-refractivity contribution in [1.82, 2.24) is 10.0 Å². The number of alkyl halides is 1. The highest BCUT2D eigenvalue weighted by Gasteiger charge is 2.53. The average Bonchev–Trinajstić information content (AvgIpc) is 3.09. The van der Waals surface area contributed by atoms with Crippen LogP contribution in [-0.2, 0) is 9.59 Å². The number of hydrogen-bond donors (Lipinski definition) is 0. The maximum atomic E-state index is 13.9. The second-order valence-corrected chi connectivity index (χ2v) is 10.0. The lowest BCUT2D eigenvalue weighted by Crippen LogP contribution is -2.57. The van der Waals surface area contributed by atoms with Gasteiger partial charge in [-0.25, -0.2) is 9.40 Å². The van der Waals surface area contributed by atoms with Gasteiger partial charge in [0.05, 0.1) is 21.9 Å². The molecular weight excluding hydrogens is 530 g/mol. The highest BCUT2D eigenvalue weighted by atomic mass is 35.5. The SMILES string of the molecule is CC1=CC[C@@H]2C(=O)N(N(C(=O)c3ccc(Cl)c(Cl)c3)[C@H](CCCl)C(=O)c3ccc(F)cc3)C(=O)[C@@H]2C1. The molecular formula is C26H22Cl3FN2O4. The fourth-order valence-electron chi connectivity index (χ4n) is 4.64. The number of fused-ring (bicyclic) bond motifs is 1. The number of hydrazine groups is 1. The van der Waals surface area contributed by atoms with Crippen molar-refractivity contribution in [3.8, 4) is 0 Å². The normalized spacial score (nSPS) is 20.1. The maximum Gasteiger partial charge on any atom is 0.273 e. The van der Waals surface area contributed by atoms with Gasteiger partial charge in [-0.3, -0.25) is 19.2 Å². The standard InChI is InChI=1S/C26H22Cl3FN2O4/c1-14-2-8-18-19(12-14)26(36)32(25(18)35)31(24(34)16-5-9-20(28)21(29)13-16)22(10-11-27)23(33)15-3-6-17(30)7-4-15/h2-7,9,13,18-19,22H,8,10-12H2,1H3/t18-,19+,22+/m0/s1. The van der Waals surface area contributed by atoms with Crippen molar-refractivity contribution in [3.05, 3.63) is 81.1 Å². The molecule has 10 heteroatoms. The molecule has 2 aromatic rings. The number of allylic oxidation sites excluding steroid dienone is 2. The van der Waals surface area contributed by atoms with Crippen molar-refractivity contribution in [2.24, 2.45) is 11.8 Å². The zero-order valence-electron chi connectivity index (χ0n) is 19.2. The van der Waals surface area contributed by atoms with Crippen LogP contribution < -0.4 is 0 Å². The molecule has 2 aromatic carbocycles. The molecule has 4 rings (SSSR count). The van der Waals surface area contributed by atoms with Crippen LogP contribution in [0, 0.1) is 17.7 Å². The van der Waals surface area contributed by atoms with E-state index in [0.717, 1.165) is 27.7 Å². The number of nitrogens with zero attached hydrogens (tertiary/aromatic N) is 2. The molecule has 0 spiro atoms. The van der Waals surface area contributed by atoms with Gasteiger partial charge in [-0.1, -0.05) is 34.9 Å². The van der Waals surface area contributed by atoms with Gasteiger partial charge in [0.1, 0.15) is 11.9 Å². The van der Waals surface area contributed by atoms with Crippen LogP contribution in [0.4, 0.5) is 4.39 Å². The first kappa shape index (κ1) is 26.3. The molecule has 0 N–H and O–H groups in total. The van der Waals surface area contributed by atoms with Gasteiger partial charge < -0.3 is 0 Å². The van der Waals surface area contributed by atoms with Gasteiger partial charge >= 0.3 is 0 Å². The molecule has 36 heavy (non-hydrogen) atoms. The molecule has 188 valence electrons. The third kappa shape index (κ3) is 4.92. The predicted molar refractivity (Wildman–Crippen MR) is 134 cm³/mol. The summed E-state index contributed by atoms with van der Waals surface area (Å²) in [6, 6.07) is 7.60. The third-order valence-electron chi connectivity index (χ3n) is 6.50. The van der Waals surface area contributed by atoms with Crippen molar-refractivity contribution in [2.45, 2.75) is 32.2 Å². The molecule has 0 aromatic heterocycles. The number of benzene rings is 2. The Morgan fingerprint density at radius 1 is 1.03 bits per heavy atom. The molecule has 0 bridgehead atoms. The van der Waals surface area contributed by atoms with Crippen LogP contribution in [0.15, 0.2) is 54.1 Å². The van der Waals surface area contributed by atoms with Crippen molar-refractivity contribution < 1.29 is 23.6 Å². The number of Topliss-reactive ketones (excluding diaryl/α,β-unsaturated/α-hetero) is 1. The topological polar surface area (TPSA) is 74.8 Å². The second-order valence-electron chi connectivity index (χ2n) is 8.83. The van der Waals surface area contributed by atoms with Gasteiger partial charge in [-0.15, -0.1) is 11.6 Å². The zero-order valence-corrected chi connectivity index (χ0v) is 21.5. The van der Waals surface area contributed by atoms with Gasteiger partial charge in [0.25, 0.3) is 17.7 Å². The molecule has 1 fully saturated rings. The Morgan fingerprint density at radius 2 is 1.67 bits per heavy atom. The van der Waals surface area contributed by atoms with Gasteiger partial charge in [-0.05, 0) is 68.7 Å². The first-order valence-electron chi connectivity index (χ1n) is 11.3. The van der Waals surface area contributed by atoms with E-state index in [1.54, 1.807) is 0 Å². The summed E-state index contributed by atoms with van der Waals surface area (Å²) in [5.74, 6) is -4.36. The van der Waals surface area contributed by atoms with Crippen molar-refractivity contribution in [3.63, 3.8) is 0 Å². The first-order valence-corrected chi connectivity index (χ1v) is 12.6. The molecule has 3 amide bonds. The number of rotatable bonds is 7. The molecule has 0 unspecified atom stereocenters. The smallest absolute Gasteiger partial charge is 0.273 e. The quantitative estimate of drug-likeness (QED) is 0.191. The van der Waals surface area contributed by atoms with E-state index in [-0.39, 0.29) is 33.5 Å². The Morgan fingerprint density at radius 3 is 2.31 bits per heavy atom. The third-order valence-corrected chi connectivity index (χ3v) is 7.46. The summed E-state index contributed by atoms with van der Waals surface area (Å²) >= 11 is 18.2. The highest BCUT2D eigenvalue weighted by molar-refractivity contribution is 6.42. The van der Waals surface area contributed by atoms with Crippen molar-refractivity contribution in [2.75, 3.05) is 5.88 Å². The minimum absolute atomic E-state index is 0.0284. The van der Waals surface area contributed by atoms with Gasteiger partial charge in [0, 0.05) is 17.0 Å². The Balaban J connectivity index is 1.82. The molecule has 2 aliphatic rings. The Labute approximate surface area is 222 Å². The van der Waals surface area contributed by atoms with Crippen LogP contribution in [0.2, 0.25) is 10.0 Å². The summed E-state index contributed by atoms with van der Waals surface area (Å²) in [6.07, 6.45) is 2.58. The molecule has 6 nitrogen and oxygen atoms in total. The lowest BCUT2D eigenvalue weighted by atomic mass is 9.82. The van der Waals surface area contributed by atoms with Crippen molar-refractivity contribution in [1.29, 1.82) is 0 Å². The summed E-state index contributed by atoms with van der Waals surface area (Å²) in [7, 11) is 0. The predicted octanol–water partition coefficient (Wildman–Crippen LogP) is 5.71. The van der Waals surface area contributed by atoms with Gasteiger partial charge in [0.15, 0.2) is 5.78 Å². The van der Waals surface area contributed by atoms with E-state index in [2.05, 4.69) is 0 Å². The maximum absolute atomic E-state index is 13.9. The second kappa shape index (κ2) is 10.7. The Hall–Kier alpha value is -2.74. The number of ketones is 1. The largest absolute Gasteiger partial charge is 0.292 e. The number of imide groups is 1.